The Hall–Kier alpha value is -3.73. The summed E-state index contributed by atoms with van der Waals surface area (Å²) in [6, 6.07) is 14.5. The van der Waals surface area contributed by atoms with Gasteiger partial charge in [0.25, 0.3) is 0 Å². The lowest BCUT2D eigenvalue weighted by Crippen LogP contribution is -2.24. The fourth-order valence-corrected chi connectivity index (χ4v) is 4.93. The fraction of sp³-hybridized carbons (Fsp3) is 0.333. The number of ether oxygens (including phenoxy) is 1. The number of hydrogen-bond acceptors (Lipinski definition) is 5. The van der Waals surface area contributed by atoms with Gasteiger partial charge in [-0.3, -0.25) is 4.40 Å². The van der Waals surface area contributed by atoms with Gasteiger partial charge in [-0.1, -0.05) is 18.6 Å². The molecule has 1 aliphatic heterocycles. The van der Waals surface area contributed by atoms with Crippen molar-refractivity contribution in [2.75, 3.05) is 27.2 Å². The maximum Gasteiger partial charge on any atom is 0.145 e. The zero-order valence-corrected chi connectivity index (χ0v) is 21.8. The Balaban J connectivity index is 0.000000396. The number of nitriles is 1. The first-order valence-electron chi connectivity index (χ1n) is 12.5. The largest absolute Gasteiger partial charge is 0.494 e. The number of aromatic nitrogens is 2. The van der Waals surface area contributed by atoms with Crippen molar-refractivity contribution in [1.82, 2.24) is 14.3 Å². The number of piperidine rings is 1. The van der Waals surface area contributed by atoms with E-state index in [1.165, 1.54) is 38.4 Å². The van der Waals surface area contributed by atoms with Crippen molar-refractivity contribution in [3.05, 3.63) is 77.5 Å². The number of fused-ring (bicyclic) bond motifs is 1. The lowest BCUT2D eigenvalue weighted by molar-refractivity contribution is 0.193. The quantitative estimate of drug-likeness (QED) is 0.364. The number of methoxy groups -OCH3 is 1. The van der Waals surface area contributed by atoms with Crippen LogP contribution in [0.4, 0.5) is 4.39 Å². The van der Waals surface area contributed by atoms with E-state index in [9.17, 15) is 9.50 Å². The van der Waals surface area contributed by atoms with Crippen LogP contribution in [-0.4, -0.2) is 46.6 Å². The van der Waals surface area contributed by atoms with E-state index in [0.29, 0.717) is 22.4 Å². The highest BCUT2D eigenvalue weighted by Crippen LogP contribution is 2.39. The maximum absolute atomic E-state index is 14.9. The average molecular weight is 501 g/mol. The summed E-state index contributed by atoms with van der Waals surface area (Å²) >= 11 is 0. The third-order valence-corrected chi connectivity index (χ3v) is 6.81. The van der Waals surface area contributed by atoms with Crippen LogP contribution >= 0.6 is 0 Å². The summed E-state index contributed by atoms with van der Waals surface area (Å²) in [5.41, 5.74) is 5.32. The number of aliphatic hydroxyl groups excluding tert-OH is 1. The van der Waals surface area contributed by atoms with Gasteiger partial charge in [0.05, 0.1) is 43.1 Å². The molecule has 0 spiro atoms. The van der Waals surface area contributed by atoms with Crippen LogP contribution in [0.5, 0.6) is 5.75 Å². The molecule has 37 heavy (non-hydrogen) atoms. The predicted octanol–water partition coefficient (Wildman–Crippen LogP) is 6.15. The van der Waals surface area contributed by atoms with E-state index < -0.39 is 11.9 Å². The first-order chi connectivity index (χ1) is 17.8. The van der Waals surface area contributed by atoms with Gasteiger partial charge in [0.15, 0.2) is 0 Å². The van der Waals surface area contributed by atoms with Gasteiger partial charge in [0, 0.05) is 16.7 Å². The van der Waals surface area contributed by atoms with Gasteiger partial charge in [0.1, 0.15) is 17.1 Å². The standard InChI is InChI=1S/C24H20FN3O2.C6H13N/c1-14-8-18(9-20(25)23(14)15(2)29)24-19(17-6-4-16(11-26)5-7-17)10-22(30-3)21-12-27-13-28(21)24;1-7-5-3-2-4-6-7/h4-10,12-13,15,29H,1-3H3;2-6H2,1H3. The second kappa shape index (κ2) is 11.5. The number of halogens is 1. The highest BCUT2D eigenvalue weighted by Gasteiger charge is 2.20. The van der Waals surface area contributed by atoms with Crippen LogP contribution in [0.3, 0.4) is 0 Å². The summed E-state index contributed by atoms with van der Waals surface area (Å²) in [5.74, 6) is 0.170. The lowest BCUT2D eigenvalue weighted by Gasteiger charge is -2.20. The number of hydrogen-bond donors (Lipinski definition) is 1. The van der Waals surface area contributed by atoms with Crippen molar-refractivity contribution < 1.29 is 14.2 Å². The average Bonchev–Trinajstić information content (AvgIpc) is 3.38. The number of nitrogens with zero attached hydrogens (tertiary/aromatic N) is 4. The van der Waals surface area contributed by atoms with Gasteiger partial charge >= 0.3 is 0 Å². The van der Waals surface area contributed by atoms with Gasteiger partial charge in [-0.2, -0.15) is 5.26 Å². The van der Waals surface area contributed by atoms with Crippen LogP contribution in [0.2, 0.25) is 0 Å². The molecule has 0 saturated carbocycles. The Bertz CT molecular complexity index is 1390. The van der Waals surface area contributed by atoms with Crippen molar-refractivity contribution in [2.45, 2.75) is 39.2 Å². The highest BCUT2D eigenvalue weighted by atomic mass is 19.1. The molecule has 1 aliphatic rings. The minimum Gasteiger partial charge on any atom is -0.494 e. The van der Waals surface area contributed by atoms with E-state index in [0.717, 1.165) is 22.3 Å². The first-order valence-corrected chi connectivity index (χ1v) is 12.5. The van der Waals surface area contributed by atoms with E-state index in [-0.39, 0.29) is 5.56 Å². The molecule has 4 aromatic rings. The van der Waals surface area contributed by atoms with Crippen molar-refractivity contribution in [3.63, 3.8) is 0 Å². The molecule has 5 rings (SSSR count). The molecule has 7 heteroatoms. The third kappa shape index (κ3) is 5.66. The van der Waals surface area contributed by atoms with Crippen LogP contribution in [0.25, 0.3) is 27.9 Å². The summed E-state index contributed by atoms with van der Waals surface area (Å²) in [6.45, 7) is 5.97. The summed E-state index contributed by atoms with van der Waals surface area (Å²) in [7, 11) is 3.78. The highest BCUT2D eigenvalue weighted by molar-refractivity contribution is 5.86. The molecule has 192 valence electrons. The Labute approximate surface area is 217 Å². The molecule has 2 aromatic carbocycles. The summed E-state index contributed by atoms with van der Waals surface area (Å²) in [6.07, 6.45) is 6.73. The molecule has 1 atom stereocenters. The van der Waals surface area contributed by atoms with E-state index >= 15 is 0 Å². The molecule has 6 nitrogen and oxygen atoms in total. The predicted molar refractivity (Wildman–Crippen MR) is 144 cm³/mol. The van der Waals surface area contributed by atoms with Crippen molar-refractivity contribution >= 4 is 5.52 Å². The number of rotatable bonds is 4. The van der Waals surface area contributed by atoms with Crippen LogP contribution in [0, 0.1) is 24.1 Å². The third-order valence-electron chi connectivity index (χ3n) is 6.81. The van der Waals surface area contributed by atoms with E-state index in [2.05, 4.69) is 23.0 Å². The number of aliphatic hydroxyl groups is 1. The molecule has 3 heterocycles. The number of imidazole rings is 1. The van der Waals surface area contributed by atoms with Crippen LogP contribution < -0.4 is 4.74 Å². The van der Waals surface area contributed by atoms with Crippen LogP contribution in [0.1, 0.15) is 49.0 Å². The second-order valence-electron chi connectivity index (χ2n) is 9.54. The number of aryl methyl sites for hydroxylation is 1. The van der Waals surface area contributed by atoms with Gasteiger partial charge < -0.3 is 14.7 Å². The normalized spacial score (nSPS) is 14.5. The topological polar surface area (TPSA) is 73.8 Å². The second-order valence-corrected chi connectivity index (χ2v) is 9.54. The molecular formula is C30H33FN4O2. The summed E-state index contributed by atoms with van der Waals surface area (Å²) < 4.78 is 22.3. The monoisotopic (exact) mass is 500 g/mol. The van der Waals surface area contributed by atoms with Gasteiger partial charge in [-0.05, 0) is 88.3 Å². The number of pyridine rings is 1. The molecule has 0 amide bonds. The van der Waals surface area contributed by atoms with E-state index in [4.69, 9.17) is 10.00 Å². The van der Waals surface area contributed by atoms with E-state index in [1.54, 1.807) is 45.6 Å². The van der Waals surface area contributed by atoms with Gasteiger partial charge in [-0.25, -0.2) is 9.37 Å². The van der Waals surface area contributed by atoms with Crippen molar-refractivity contribution in [2.24, 2.45) is 0 Å². The molecule has 2 aromatic heterocycles. The number of benzene rings is 2. The van der Waals surface area contributed by atoms with Crippen molar-refractivity contribution in [1.29, 1.82) is 5.26 Å². The van der Waals surface area contributed by atoms with Crippen LogP contribution in [-0.2, 0) is 0 Å². The maximum atomic E-state index is 14.9. The molecule has 0 aliphatic carbocycles. The zero-order chi connectivity index (χ0) is 26.5. The van der Waals surface area contributed by atoms with Crippen LogP contribution in [0.15, 0.2) is 55.0 Å². The minimum absolute atomic E-state index is 0.286. The summed E-state index contributed by atoms with van der Waals surface area (Å²) in [4.78, 5) is 6.65. The van der Waals surface area contributed by atoms with Gasteiger partial charge in [-0.15, -0.1) is 0 Å². The summed E-state index contributed by atoms with van der Waals surface area (Å²) in [5, 5.41) is 19.1. The molecule has 1 saturated heterocycles. The Morgan fingerprint density at radius 2 is 1.78 bits per heavy atom. The fourth-order valence-electron chi connectivity index (χ4n) is 4.93. The molecule has 0 radical (unpaired) electrons. The van der Waals surface area contributed by atoms with E-state index in [1.807, 2.05) is 28.7 Å². The molecule has 1 unspecified atom stereocenters. The Morgan fingerprint density at radius 3 is 2.32 bits per heavy atom. The Morgan fingerprint density at radius 1 is 1.08 bits per heavy atom. The van der Waals surface area contributed by atoms with Gasteiger partial charge in [0.2, 0.25) is 0 Å². The minimum atomic E-state index is -0.902. The molecule has 1 fully saturated rings. The lowest BCUT2D eigenvalue weighted by atomic mass is 9.94. The number of likely N-dealkylation sites (tertiary alicyclic amines) is 1. The molecule has 0 bridgehead atoms. The smallest absolute Gasteiger partial charge is 0.145 e. The molecular weight excluding hydrogens is 467 g/mol. The Kier molecular flexibility index (Phi) is 8.22. The first kappa shape index (κ1) is 26.3. The zero-order valence-electron chi connectivity index (χ0n) is 21.8. The SMILES string of the molecule is CN1CCCCC1.COc1cc(-c2ccc(C#N)cc2)c(-c2cc(C)c(C(C)O)c(F)c2)n2cncc12. The molecule has 1 N–H and O–H groups in total. The van der Waals surface area contributed by atoms with Crippen molar-refractivity contribution in [3.8, 4) is 34.2 Å².